The van der Waals surface area contributed by atoms with Gasteiger partial charge in [0.15, 0.2) is 5.65 Å². The lowest BCUT2D eigenvalue weighted by Gasteiger charge is -2.38. The van der Waals surface area contributed by atoms with Crippen molar-refractivity contribution in [3.63, 3.8) is 0 Å². The van der Waals surface area contributed by atoms with E-state index in [0.717, 1.165) is 18.9 Å². The molecule has 2 N–H and O–H groups in total. The van der Waals surface area contributed by atoms with Crippen LogP contribution in [0.15, 0.2) is 12.4 Å². The quantitative estimate of drug-likeness (QED) is 0.325. The summed E-state index contributed by atoms with van der Waals surface area (Å²) in [6.45, 7) is 22.0. The molecule has 10 nitrogen and oxygen atoms in total. The first kappa shape index (κ1) is 30.9. The topological polar surface area (TPSA) is 111 Å². The van der Waals surface area contributed by atoms with E-state index < -0.39 is 13.7 Å². The van der Waals surface area contributed by atoms with E-state index in [-0.39, 0.29) is 29.6 Å². The molecule has 3 rings (SSSR count). The summed E-state index contributed by atoms with van der Waals surface area (Å²) >= 11 is 0. The fourth-order valence-electron chi connectivity index (χ4n) is 4.44. The van der Waals surface area contributed by atoms with Crippen molar-refractivity contribution in [3.8, 4) is 0 Å². The Kier molecular flexibility index (Phi) is 9.37. The number of amides is 2. The number of anilines is 1. The Morgan fingerprint density at radius 1 is 1.15 bits per heavy atom. The van der Waals surface area contributed by atoms with Crippen molar-refractivity contribution in [2.45, 2.75) is 117 Å². The second kappa shape index (κ2) is 11.8. The Morgan fingerprint density at radius 2 is 1.85 bits per heavy atom. The minimum Gasteiger partial charge on any atom is -0.444 e. The molecule has 1 aliphatic rings. The number of aromatic nitrogens is 3. The van der Waals surface area contributed by atoms with Crippen LogP contribution in [0.3, 0.4) is 0 Å². The molecular weight excluding hydrogens is 512 g/mol. The molecule has 2 aromatic heterocycles. The average molecular weight is 561 g/mol. The van der Waals surface area contributed by atoms with Crippen molar-refractivity contribution in [2.24, 2.45) is 0 Å². The number of fused-ring (bicyclic) bond motifs is 1. The summed E-state index contributed by atoms with van der Waals surface area (Å²) in [7, 11) is -1.21. The van der Waals surface area contributed by atoms with Gasteiger partial charge < -0.3 is 29.6 Å². The Bertz CT molecular complexity index is 1160. The van der Waals surface area contributed by atoms with Crippen LogP contribution < -0.4 is 10.6 Å². The number of hydrogen-bond acceptors (Lipinski definition) is 7. The van der Waals surface area contributed by atoms with Gasteiger partial charge in [-0.1, -0.05) is 19.6 Å². The highest BCUT2D eigenvalue weighted by molar-refractivity contribution is 6.76. The first-order valence-corrected chi connectivity index (χ1v) is 17.6. The molecule has 39 heavy (non-hydrogen) atoms. The van der Waals surface area contributed by atoms with Crippen LogP contribution >= 0.6 is 0 Å². The average Bonchev–Trinajstić information content (AvgIpc) is 3.12. The minimum absolute atomic E-state index is 0.0188. The largest absolute Gasteiger partial charge is 0.444 e. The number of likely N-dealkylation sites (tertiary alicyclic amines) is 1. The summed E-state index contributed by atoms with van der Waals surface area (Å²) in [6.07, 6.45) is 4.72. The zero-order valence-corrected chi connectivity index (χ0v) is 26.5. The van der Waals surface area contributed by atoms with E-state index in [1.54, 1.807) is 17.3 Å². The van der Waals surface area contributed by atoms with Crippen molar-refractivity contribution >= 4 is 37.1 Å². The summed E-state index contributed by atoms with van der Waals surface area (Å²) in [4.78, 5) is 37.1. The van der Waals surface area contributed by atoms with E-state index in [2.05, 4.69) is 35.3 Å². The highest BCUT2D eigenvalue weighted by atomic mass is 28.3. The van der Waals surface area contributed by atoms with Gasteiger partial charge in [-0.05, 0) is 67.4 Å². The highest BCUT2D eigenvalue weighted by Gasteiger charge is 2.32. The molecule has 2 amide bonds. The van der Waals surface area contributed by atoms with Gasteiger partial charge in [-0.15, -0.1) is 0 Å². The molecule has 11 heteroatoms. The van der Waals surface area contributed by atoms with Crippen molar-refractivity contribution in [3.05, 3.63) is 18.0 Å². The van der Waals surface area contributed by atoms with E-state index in [1.165, 1.54) is 0 Å². The molecule has 1 saturated heterocycles. The van der Waals surface area contributed by atoms with Crippen molar-refractivity contribution in [1.82, 2.24) is 24.8 Å². The summed E-state index contributed by atoms with van der Waals surface area (Å²) in [5.74, 6) is 0.409. The van der Waals surface area contributed by atoms with Crippen LogP contribution in [-0.2, 0) is 16.2 Å². The maximum atomic E-state index is 13.2. The molecule has 0 radical (unpaired) electrons. The Labute approximate surface area is 234 Å². The Hall–Kier alpha value is -2.66. The van der Waals surface area contributed by atoms with Crippen LogP contribution in [0.4, 0.5) is 10.6 Å². The van der Waals surface area contributed by atoms with Crippen LogP contribution in [0.1, 0.15) is 71.7 Å². The van der Waals surface area contributed by atoms with Crippen LogP contribution in [0.5, 0.6) is 0 Å². The van der Waals surface area contributed by atoms with Crippen molar-refractivity contribution in [1.29, 1.82) is 0 Å². The number of carbonyl (C=O) groups is 2. The van der Waals surface area contributed by atoms with Crippen LogP contribution in [0, 0.1) is 0 Å². The molecule has 1 fully saturated rings. The lowest BCUT2D eigenvalue weighted by atomic mass is 9.99. The fraction of sp³-hybridized carbons (Fsp3) is 0.714. The number of hydrogen-bond donors (Lipinski definition) is 2. The third-order valence-electron chi connectivity index (χ3n) is 6.38. The fourth-order valence-corrected chi connectivity index (χ4v) is 5.20. The minimum atomic E-state index is -1.21. The Balaban J connectivity index is 1.77. The molecule has 2 unspecified atom stereocenters. The van der Waals surface area contributed by atoms with Crippen LogP contribution in [0.25, 0.3) is 11.2 Å². The third-order valence-corrected chi connectivity index (χ3v) is 8.09. The predicted molar refractivity (Wildman–Crippen MR) is 158 cm³/mol. The van der Waals surface area contributed by atoms with Gasteiger partial charge in [-0.25, -0.2) is 14.8 Å². The zero-order chi connectivity index (χ0) is 29.2. The molecule has 0 bridgehead atoms. The van der Waals surface area contributed by atoms with E-state index >= 15 is 0 Å². The van der Waals surface area contributed by atoms with Crippen molar-refractivity contribution in [2.75, 3.05) is 18.5 Å². The van der Waals surface area contributed by atoms with E-state index in [0.29, 0.717) is 42.4 Å². The molecule has 0 aromatic carbocycles. The molecular formula is C28H48N6O4Si. The smallest absolute Gasteiger partial charge is 0.410 e. The standard InChI is InChI=1S/C28H48N6O4Si/c1-19-15-20(11-12-34(19)26(36)38-28(5,6)7)30-22-16-29-24-23(31-22)21(25(35)32-27(2,3)4)17-33(24)18-37-13-14-39(8,9)10/h16-17,19-20H,11-15,18H2,1-10H3,(H,30,31)(H,32,35). The third kappa shape index (κ3) is 9.20. The highest BCUT2D eigenvalue weighted by Crippen LogP contribution is 2.25. The zero-order valence-electron chi connectivity index (χ0n) is 25.5. The summed E-state index contributed by atoms with van der Waals surface area (Å²) in [5, 5.41) is 6.52. The van der Waals surface area contributed by atoms with Crippen LogP contribution in [-0.4, -0.2) is 75.9 Å². The summed E-state index contributed by atoms with van der Waals surface area (Å²) in [6, 6.07) is 1.20. The summed E-state index contributed by atoms with van der Waals surface area (Å²) < 4.78 is 13.4. The maximum absolute atomic E-state index is 13.2. The molecule has 0 saturated carbocycles. The van der Waals surface area contributed by atoms with Gasteiger partial charge in [0.1, 0.15) is 23.7 Å². The molecule has 0 aliphatic carbocycles. The van der Waals surface area contributed by atoms with Crippen molar-refractivity contribution < 1.29 is 19.1 Å². The maximum Gasteiger partial charge on any atom is 0.410 e. The number of nitrogens with zero attached hydrogens (tertiary/aromatic N) is 4. The number of nitrogens with one attached hydrogen (secondary N) is 2. The number of carbonyl (C=O) groups excluding carboxylic acids is 2. The van der Waals surface area contributed by atoms with Gasteiger partial charge in [-0.2, -0.15) is 0 Å². The first-order valence-electron chi connectivity index (χ1n) is 13.9. The first-order chi connectivity index (χ1) is 17.9. The van der Waals surface area contributed by atoms with Gasteiger partial charge >= 0.3 is 6.09 Å². The summed E-state index contributed by atoms with van der Waals surface area (Å²) in [5.41, 5.74) is 0.707. The van der Waals surface area contributed by atoms with Gasteiger partial charge in [0.2, 0.25) is 0 Å². The van der Waals surface area contributed by atoms with E-state index in [4.69, 9.17) is 14.5 Å². The van der Waals surface area contributed by atoms with Gasteiger partial charge in [-0.3, -0.25) is 4.79 Å². The van der Waals surface area contributed by atoms with E-state index in [9.17, 15) is 9.59 Å². The van der Waals surface area contributed by atoms with E-state index in [1.807, 2.05) is 53.0 Å². The lowest BCUT2D eigenvalue weighted by Crippen LogP contribution is -2.49. The Morgan fingerprint density at radius 3 is 2.44 bits per heavy atom. The molecule has 3 heterocycles. The number of piperidine rings is 1. The lowest BCUT2D eigenvalue weighted by molar-refractivity contribution is 0.0112. The van der Waals surface area contributed by atoms with Gasteiger partial charge in [0.25, 0.3) is 5.91 Å². The normalized spacial score (nSPS) is 18.8. The molecule has 1 aliphatic heterocycles. The number of ether oxygens (including phenoxy) is 2. The predicted octanol–water partition coefficient (Wildman–Crippen LogP) is 5.47. The molecule has 218 valence electrons. The molecule has 0 spiro atoms. The van der Waals surface area contributed by atoms with Gasteiger partial charge in [0.05, 0.1) is 11.8 Å². The molecule has 2 aromatic rings. The van der Waals surface area contributed by atoms with Crippen LogP contribution in [0.2, 0.25) is 25.7 Å². The van der Waals surface area contributed by atoms with Gasteiger partial charge in [0, 0.05) is 45.0 Å². The second-order valence-electron chi connectivity index (χ2n) is 13.9. The molecule has 2 atom stereocenters. The second-order valence-corrected chi connectivity index (χ2v) is 19.5. The SMILES string of the molecule is CC1CC(Nc2cnc3c(n2)c(C(=O)NC(C)(C)C)cn3COCC[Si](C)(C)C)CCN1C(=O)OC(C)(C)C. The number of rotatable bonds is 8. The monoisotopic (exact) mass is 560 g/mol.